The Morgan fingerprint density at radius 2 is 2.21 bits per heavy atom. The van der Waals surface area contributed by atoms with Crippen LogP contribution in [0.4, 0.5) is 5.13 Å². The molecule has 0 aliphatic heterocycles. The minimum absolute atomic E-state index is 0.150. The number of nitrogens with one attached hydrogen (secondary N) is 1. The van der Waals surface area contributed by atoms with Crippen molar-refractivity contribution in [2.75, 3.05) is 5.32 Å². The zero-order chi connectivity index (χ0) is 13.8. The fraction of sp³-hybridized carbons (Fsp3) is 0.182. The summed E-state index contributed by atoms with van der Waals surface area (Å²) in [5.41, 5.74) is -0.302. The molecule has 2 aromatic rings. The predicted octanol–water partition coefficient (Wildman–Crippen LogP) is 1.45. The van der Waals surface area contributed by atoms with E-state index in [1.165, 1.54) is 29.7 Å². The summed E-state index contributed by atoms with van der Waals surface area (Å²) in [5.74, 6) is -1.82. The molecule has 1 amide bonds. The van der Waals surface area contributed by atoms with E-state index in [0.717, 1.165) is 11.4 Å². The Hall–Kier alpha value is -2.35. The van der Waals surface area contributed by atoms with Gasteiger partial charge in [0.2, 0.25) is 5.13 Å². The number of aryl methyl sites for hydroxylation is 1. The molecule has 0 aromatic carbocycles. The fourth-order valence-corrected chi connectivity index (χ4v) is 2.04. The van der Waals surface area contributed by atoms with Gasteiger partial charge in [0.25, 0.3) is 5.91 Å². The molecule has 7 nitrogen and oxygen atoms in total. The molecule has 0 fully saturated rings. The molecule has 2 heterocycles. The molecule has 0 atom stereocenters. The molecule has 0 bridgehead atoms. The Morgan fingerprint density at radius 1 is 1.42 bits per heavy atom. The van der Waals surface area contributed by atoms with Gasteiger partial charge in [-0.25, -0.2) is 4.79 Å². The number of amides is 1. The number of hydrogen-bond acceptors (Lipinski definition) is 6. The predicted molar refractivity (Wildman–Crippen MR) is 68.4 cm³/mol. The number of hydrogen-bond donors (Lipinski definition) is 2. The average Bonchev–Trinajstić information content (AvgIpc) is 2.86. The second-order valence-corrected chi connectivity index (χ2v) is 4.58. The minimum atomic E-state index is -1.20. The second kappa shape index (κ2) is 5.53. The highest BCUT2D eigenvalue weighted by Gasteiger charge is 2.18. The van der Waals surface area contributed by atoms with Crippen LogP contribution in [-0.2, 0) is 6.42 Å². The maximum absolute atomic E-state index is 11.9. The van der Waals surface area contributed by atoms with Crippen LogP contribution >= 0.6 is 11.3 Å². The van der Waals surface area contributed by atoms with Gasteiger partial charge < -0.3 is 5.11 Å². The number of carbonyl (C=O) groups is 2. The molecule has 98 valence electrons. The molecule has 0 saturated carbocycles. The van der Waals surface area contributed by atoms with Crippen molar-refractivity contribution in [3.63, 3.8) is 0 Å². The second-order valence-electron chi connectivity index (χ2n) is 3.51. The van der Waals surface area contributed by atoms with E-state index in [9.17, 15) is 9.59 Å². The largest absolute Gasteiger partial charge is 0.478 e. The van der Waals surface area contributed by atoms with Crippen molar-refractivity contribution in [3.8, 4) is 0 Å². The van der Waals surface area contributed by atoms with Crippen molar-refractivity contribution in [2.45, 2.75) is 13.3 Å². The van der Waals surface area contributed by atoms with Gasteiger partial charge in [0.15, 0.2) is 0 Å². The number of rotatable bonds is 4. The van der Waals surface area contributed by atoms with Gasteiger partial charge in [-0.3, -0.25) is 15.1 Å². The van der Waals surface area contributed by atoms with Crippen LogP contribution in [0.5, 0.6) is 0 Å². The third-order valence-electron chi connectivity index (χ3n) is 2.24. The Labute approximate surface area is 112 Å². The molecule has 0 unspecified atom stereocenters. The van der Waals surface area contributed by atoms with Gasteiger partial charge in [-0.1, -0.05) is 18.3 Å². The summed E-state index contributed by atoms with van der Waals surface area (Å²) in [7, 11) is 0. The first-order chi connectivity index (χ1) is 9.11. The molecule has 0 saturated heterocycles. The van der Waals surface area contributed by atoms with Gasteiger partial charge in [0.1, 0.15) is 10.7 Å². The smallest absolute Gasteiger partial charge is 0.338 e. The zero-order valence-electron chi connectivity index (χ0n) is 9.95. The lowest BCUT2D eigenvalue weighted by atomic mass is 10.2. The Morgan fingerprint density at radius 3 is 2.84 bits per heavy atom. The molecule has 2 aromatic heterocycles. The summed E-state index contributed by atoms with van der Waals surface area (Å²) in [4.78, 5) is 26.7. The number of carboxylic acids is 1. The summed E-state index contributed by atoms with van der Waals surface area (Å²) in [6.07, 6.45) is 2.08. The number of carbonyl (C=O) groups excluding carboxylic acids is 1. The normalized spacial score (nSPS) is 10.2. The van der Waals surface area contributed by atoms with Crippen LogP contribution in [0.15, 0.2) is 18.3 Å². The fourth-order valence-electron chi connectivity index (χ4n) is 1.36. The summed E-state index contributed by atoms with van der Waals surface area (Å²) in [5, 5.41) is 20.2. The molecule has 2 N–H and O–H groups in total. The number of pyridine rings is 1. The van der Waals surface area contributed by atoms with Crippen LogP contribution < -0.4 is 5.32 Å². The van der Waals surface area contributed by atoms with Crippen molar-refractivity contribution in [1.29, 1.82) is 0 Å². The number of aromatic carboxylic acids is 1. The van der Waals surface area contributed by atoms with E-state index >= 15 is 0 Å². The van der Waals surface area contributed by atoms with Gasteiger partial charge in [0.05, 0.1) is 5.56 Å². The molecule has 0 radical (unpaired) electrons. The quantitative estimate of drug-likeness (QED) is 0.876. The number of nitrogens with zero attached hydrogens (tertiary/aromatic N) is 3. The monoisotopic (exact) mass is 278 g/mol. The lowest BCUT2D eigenvalue weighted by molar-refractivity contribution is 0.0691. The maximum atomic E-state index is 11.9. The van der Waals surface area contributed by atoms with E-state index in [4.69, 9.17) is 5.11 Å². The Balaban J connectivity index is 2.22. The minimum Gasteiger partial charge on any atom is -0.478 e. The van der Waals surface area contributed by atoms with Crippen molar-refractivity contribution in [1.82, 2.24) is 15.2 Å². The van der Waals surface area contributed by atoms with Gasteiger partial charge in [-0.15, -0.1) is 10.2 Å². The lowest BCUT2D eigenvalue weighted by Crippen LogP contribution is -2.18. The van der Waals surface area contributed by atoms with E-state index < -0.39 is 11.9 Å². The highest BCUT2D eigenvalue weighted by molar-refractivity contribution is 7.15. The van der Waals surface area contributed by atoms with E-state index in [1.807, 2.05) is 6.92 Å². The summed E-state index contributed by atoms with van der Waals surface area (Å²) >= 11 is 1.24. The molecule has 19 heavy (non-hydrogen) atoms. The first-order valence-electron chi connectivity index (χ1n) is 5.44. The number of aromatic nitrogens is 3. The molecule has 8 heteroatoms. The third-order valence-corrected chi connectivity index (χ3v) is 3.23. The highest BCUT2D eigenvalue weighted by Crippen LogP contribution is 2.16. The van der Waals surface area contributed by atoms with Crippen molar-refractivity contribution in [2.24, 2.45) is 0 Å². The van der Waals surface area contributed by atoms with E-state index in [2.05, 4.69) is 20.5 Å². The van der Waals surface area contributed by atoms with Crippen molar-refractivity contribution in [3.05, 3.63) is 34.6 Å². The van der Waals surface area contributed by atoms with Crippen LogP contribution in [0.2, 0.25) is 0 Å². The number of carboxylic acid groups (broad SMARTS) is 1. The third kappa shape index (κ3) is 2.91. The van der Waals surface area contributed by atoms with Crippen LogP contribution in [0.3, 0.4) is 0 Å². The van der Waals surface area contributed by atoms with Gasteiger partial charge >= 0.3 is 5.97 Å². The Bertz CT molecular complexity index is 626. The lowest BCUT2D eigenvalue weighted by Gasteiger charge is -2.03. The molecule has 0 aliphatic carbocycles. The molecular formula is C11H10N4O3S. The standard InChI is InChI=1S/C11H10N4O3S/c1-2-7-14-15-11(19-7)13-9(16)8-6(10(17)18)4-3-5-12-8/h3-5H,2H2,1H3,(H,17,18)(H,13,15,16). The van der Waals surface area contributed by atoms with E-state index in [1.54, 1.807) is 0 Å². The summed E-state index contributed by atoms with van der Waals surface area (Å²) in [6.45, 7) is 1.92. The van der Waals surface area contributed by atoms with Gasteiger partial charge in [0, 0.05) is 6.20 Å². The number of anilines is 1. The van der Waals surface area contributed by atoms with Crippen molar-refractivity contribution >= 4 is 28.3 Å². The van der Waals surface area contributed by atoms with Gasteiger partial charge in [-0.2, -0.15) is 0 Å². The Kier molecular flexibility index (Phi) is 3.81. The van der Waals surface area contributed by atoms with E-state index in [0.29, 0.717) is 5.13 Å². The van der Waals surface area contributed by atoms with Crippen LogP contribution in [-0.4, -0.2) is 32.2 Å². The van der Waals surface area contributed by atoms with Crippen LogP contribution in [0.25, 0.3) is 0 Å². The summed E-state index contributed by atoms with van der Waals surface area (Å²) < 4.78 is 0. The molecule has 0 spiro atoms. The maximum Gasteiger partial charge on any atom is 0.338 e. The average molecular weight is 278 g/mol. The van der Waals surface area contributed by atoms with E-state index in [-0.39, 0.29) is 11.3 Å². The molecule has 2 rings (SSSR count). The van der Waals surface area contributed by atoms with Crippen molar-refractivity contribution < 1.29 is 14.7 Å². The summed E-state index contributed by atoms with van der Waals surface area (Å²) in [6, 6.07) is 2.78. The zero-order valence-corrected chi connectivity index (χ0v) is 10.8. The van der Waals surface area contributed by atoms with Gasteiger partial charge in [-0.05, 0) is 18.6 Å². The van der Waals surface area contributed by atoms with Crippen LogP contribution in [0, 0.1) is 0 Å². The molecular weight excluding hydrogens is 268 g/mol. The highest BCUT2D eigenvalue weighted by atomic mass is 32.1. The SMILES string of the molecule is CCc1nnc(NC(=O)c2ncccc2C(=O)O)s1. The molecule has 0 aliphatic rings. The first kappa shape index (κ1) is 13.1. The first-order valence-corrected chi connectivity index (χ1v) is 6.25. The van der Waals surface area contributed by atoms with Crippen LogP contribution in [0.1, 0.15) is 32.8 Å². The topological polar surface area (TPSA) is 105 Å².